The zero-order valence-electron chi connectivity index (χ0n) is 17.9. The van der Waals surface area contributed by atoms with Gasteiger partial charge in [-0.3, -0.25) is 4.79 Å². The normalized spacial score (nSPS) is 17.8. The van der Waals surface area contributed by atoms with Gasteiger partial charge in [-0.15, -0.1) is 11.3 Å². The highest BCUT2D eigenvalue weighted by molar-refractivity contribution is 7.23. The number of halogens is 1. The summed E-state index contributed by atoms with van der Waals surface area (Å²) in [6.45, 7) is 6.08. The SMILES string of the molecule is Cc1c(-c2cccc(C(=O)N3CCC(O)CC3)c2)sc2c(N3CCOCC3)nc(Cl)nc12. The average molecular weight is 473 g/mol. The monoisotopic (exact) mass is 472 g/mol. The molecule has 9 heteroatoms. The number of nitrogens with zero attached hydrogens (tertiary/aromatic N) is 4. The van der Waals surface area contributed by atoms with Crippen molar-refractivity contribution in [3.05, 3.63) is 40.7 Å². The molecule has 2 saturated heterocycles. The fourth-order valence-electron chi connectivity index (χ4n) is 4.36. The molecular weight excluding hydrogens is 448 g/mol. The summed E-state index contributed by atoms with van der Waals surface area (Å²) in [5.41, 5.74) is 3.54. The number of hydrogen-bond donors (Lipinski definition) is 1. The summed E-state index contributed by atoms with van der Waals surface area (Å²) < 4.78 is 6.49. The smallest absolute Gasteiger partial charge is 0.253 e. The number of amides is 1. The molecule has 32 heavy (non-hydrogen) atoms. The molecule has 0 spiro atoms. The molecule has 0 radical (unpaired) electrons. The second kappa shape index (κ2) is 8.94. The highest BCUT2D eigenvalue weighted by atomic mass is 35.5. The maximum Gasteiger partial charge on any atom is 0.253 e. The van der Waals surface area contributed by atoms with Crippen LogP contribution in [0.1, 0.15) is 28.8 Å². The second-order valence-electron chi connectivity index (χ2n) is 8.25. The van der Waals surface area contributed by atoms with Crippen LogP contribution in [0.3, 0.4) is 0 Å². The number of aryl methyl sites for hydroxylation is 1. The lowest BCUT2D eigenvalue weighted by Gasteiger charge is -2.29. The van der Waals surface area contributed by atoms with Crippen LogP contribution in [-0.4, -0.2) is 71.4 Å². The summed E-state index contributed by atoms with van der Waals surface area (Å²) in [4.78, 5) is 27.2. The van der Waals surface area contributed by atoms with Gasteiger partial charge in [0.2, 0.25) is 5.28 Å². The summed E-state index contributed by atoms with van der Waals surface area (Å²) in [5.74, 6) is 0.858. The molecule has 2 fully saturated rings. The number of aromatic nitrogens is 2. The largest absolute Gasteiger partial charge is 0.393 e. The topological polar surface area (TPSA) is 78.8 Å². The Hall–Kier alpha value is -2.26. The second-order valence-corrected chi connectivity index (χ2v) is 9.61. The molecule has 0 saturated carbocycles. The number of fused-ring (bicyclic) bond motifs is 1. The van der Waals surface area contributed by atoms with Crippen LogP contribution in [0.4, 0.5) is 5.82 Å². The molecule has 3 aromatic rings. The maximum atomic E-state index is 13.0. The molecule has 0 unspecified atom stereocenters. The Balaban J connectivity index is 1.52. The minimum Gasteiger partial charge on any atom is -0.393 e. The first-order valence-electron chi connectivity index (χ1n) is 10.9. The maximum absolute atomic E-state index is 13.0. The van der Waals surface area contributed by atoms with Crippen LogP contribution in [0.2, 0.25) is 5.28 Å². The standard InChI is InChI=1S/C23H25ClN4O3S/c1-14-18-20(21(26-23(24)25-18)27-9-11-31-12-10-27)32-19(14)15-3-2-4-16(13-15)22(30)28-7-5-17(29)6-8-28/h2-4,13,17,29H,5-12H2,1H3. The van der Waals surface area contributed by atoms with Gasteiger partial charge in [-0.2, -0.15) is 4.98 Å². The number of hydrogen-bond acceptors (Lipinski definition) is 7. The molecule has 168 valence electrons. The van der Waals surface area contributed by atoms with Crippen molar-refractivity contribution in [1.29, 1.82) is 0 Å². The fraction of sp³-hybridized carbons (Fsp3) is 0.435. The lowest BCUT2D eigenvalue weighted by molar-refractivity contribution is 0.0546. The van der Waals surface area contributed by atoms with E-state index in [1.807, 2.05) is 36.1 Å². The highest BCUT2D eigenvalue weighted by Crippen LogP contribution is 2.42. The number of likely N-dealkylation sites (tertiary alicyclic amines) is 1. The Kier molecular flexibility index (Phi) is 6.03. The molecule has 0 bridgehead atoms. The Bertz CT molecular complexity index is 1150. The van der Waals surface area contributed by atoms with Crippen LogP contribution < -0.4 is 4.90 Å². The van der Waals surface area contributed by atoms with Crippen molar-refractivity contribution in [3.8, 4) is 10.4 Å². The average Bonchev–Trinajstić information content (AvgIpc) is 3.15. The third-order valence-corrected chi connectivity index (χ3v) is 7.65. The zero-order valence-corrected chi connectivity index (χ0v) is 19.5. The molecule has 0 atom stereocenters. The molecular formula is C23H25ClN4O3S. The lowest BCUT2D eigenvalue weighted by Crippen LogP contribution is -2.40. The van der Waals surface area contributed by atoms with E-state index >= 15 is 0 Å². The molecule has 2 aliphatic rings. The minimum absolute atomic E-state index is 0.00866. The third-order valence-electron chi connectivity index (χ3n) is 6.15. The number of aliphatic hydroxyl groups excluding tert-OH is 1. The first-order chi connectivity index (χ1) is 15.5. The van der Waals surface area contributed by atoms with E-state index in [1.165, 1.54) is 0 Å². The highest BCUT2D eigenvalue weighted by Gasteiger charge is 2.24. The number of carbonyl (C=O) groups excluding carboxylic acids is 1. The first kappa shape index (κ1) is 21.6. The van der Waals surface area contributed by atoms with Crippen LogP contribution in [0.25, 0.3) is 20.7 Å². The van der Waals surface area contributed by atoms with E-state index in [0.29, 0.717) is 44.7 Å². The van der Waals surface area contributed by atoms with Crippen LogP contribution in [-0.2, 0) is 4.74 Å². The van der Waals surface area contributed by atoms with Gasteiger partial charge in [-0.25, -0.2) is 4.98 Å². The molecule has 1 amide bonds. The summed E-state index contributed by atoms with van der Waals surface area (Å²) in [6, 6.07) is 7.76. The number of ether oxygens (including phenoxy) is 1. The summed E-state index contributed by atoms with van der Waals surface area (Å²) >= 11 is 7.93. The first-order valence-corrected chi connectivity index (χ1v) is 12.1. The predicted octanol–water partition coefficient (Wildman–Crippen LogP) is 3.75. The predicted molar refractivity (Wildman–Crippen MR) is 127 cm³/mol. The summed E-state index contributed by atoms with van der Waals surface area (Å²) in [7, 11) is 0. The van der Waals surface area contributed by atoms with Crippen molar-refractivity contribution >= 4 is 44.9 Å². The van der Waals surface area contributed by atoms with Gasteiger partial charge in [0.05, 0.1) is 29.5 Å². The quantitative estimate of drug-likeness (QED) is 0.585. The fourth-order valence-corrected chi connectivity index (χ4v) is 5.78. The Morgan fingerprint density at radius 2 is 1.94 bits per heavy atom. The van der Waals surface area contributed by atoms with Crippen molar-refractivity contribution in [2.75, 3.05) is 44.3 Å². The van der Waals surface area contributed by atoms with E-state index in [9.17, 15) is 9.90 Å². The molecule has 7 nitrogen and oxygen atoms in total. The third kappa shape index (κ3) is 4.08. The number of thiophene rings is 1. The minimum atomic E-state index is -0.305. The van der Waals surface area contributed by atoms with Gasteiger partial charge >= 0.3 is 0 Å². The number of rotatable bonds is 3. The molecule has 2 aromatic heterocycles. The van der Waals surface area contributed by atoms with E-state index in [-0.39, 0.29) is 17.3 Å². The number of anilines is 1. The summed E-state index contributed by atoms with van der Waals surface area (Å²) in [5, 5.41) is 9.98. The van der Waals surface area contributed by atoms with Crippen molar-refractivity contribution in [2.24, 2.45) is 0 Å². The Labute approximate surface area is 195 Å². The van der Waals surface area contributed by atoms with E-state index < -0.39 is 0 Å². The van der Waals surface area contributed by atoms with E-state index in [2.05, 4.69) is 14.9 Å². The van der Waals surface area contributed by atoms with Crippen LogP contribution >= 0.6 is 22.9 Å². The number of aliphatic hydroxyl groups is 1. The number of benzene rings is 1. The van der Waals surface area contributed by atoms with Crippen molar-refractivity contribution in [1.82, 2.24) is 14.9 Å². The van der Waals surface area contributed by atoms with Gasteiger partial charge in [-0.05, 0) is 54.6 Å². The van der Waals surface area contributed by atoms with Crippen LogP contribution in [0, 0.1) is 6.92 Å². The summed E-state index contributed by atoms with van der Waals surface area (Å²) in [6.07, 6.45) is 0.954. The number of carbonyl (C=O) groups is 1. The van der Waals surface area contributed by atoms with Crippen LogP contribution in [0.15, 0.2) is 24.3 Å². The van der Waals surface area contributed by atoms with Gasteiger partial charge in [-0.1, -0.05) is 12.1 Å². The molecule has 2 aliphatic heterocycles. The number of piperidine rings is 1. The number of morpholine rings is 1. The Morgan fingerprint density at radius 1 is 1.19 bits per heavy atom. The van der Waals surface area contributed by atoms with Gasteiger partial charge in [0.1, 0.15) is 0 Å². The molecule has 5 rings (SSSR count). The van der Waals surface area contributed by atoms with Crippen molar-refractivity contribution in [3.63, 3.8) is 0 Å². The van der Waals surface area contributed by atoms with Gasteiger partial charge in [0.25, 0.3) is 5.91 Å². The Morgan fingerprint density at radius 3 is 2.69 bits per heavy atom. The van der Waals surface area contributed by atoms with Crippen molar-refractivity contribution < 1.29 is 14.6 Å². The molecule has 4 heterocycles. The zero-order chi connectivity index (χ0) is 22.2. The van der Waals surface area contributed by atoms with Gasteiger partial charge < -0.3 is 19.6 Å². The molecule has 0 aliphatic carbocycles. The van der Waals surface area contributed by atoms with E-state index in [4.69, 9.17) is 16.3 Å². The van der Waals surface area contributed by atoms with E-state index in [0.717, 1.165) is 45.1 Å². The van der Waals surface area contributed by atoms with Crippen molar-refractivity contribution in [2.45, 2.75) is 25.9 Å². The van der Waals surface area contributed by atoms with Gasteiger partial charge in [0, 0.05) is 36.6 Å². The molecule has 1 N–H and O–H groups in total. The van der Waals surface area contributed by atoms with E-state index in [1.54, 1.807) is 11.3 Å². The van der Waals surface area contributed by atoms with Crippen LogP contribution in [0.5, 0.6) is 0 Å². The van der Waals surface area contributed by atoms with Gasteiger partial charge in [0.15, 0.2) is 5.82 Å². The molecule has 1 aromatic carbocycles. The lowest BCUT2D eigenvalue weighted by atomic mass is 10.0.